The van der Waals surface area contributed by atoms with Gasteiger partial charge in [-0.25, -0.2) is 4.98 Å². The lowest BCUT2D eigenvalue weighted by atomic mass is 9.97. The summed E-state index contributed by atoms with van der Waals surface area (Å²) in [4.78, 5) is 20.3. The van der Waals surface area contributed by atoms with E-state index in [1.165, 1.54) is 23.3 Å². The SMILES string of the molecule is CC(C)n1c(NCCCn2cccn2)nc2sc3c(c2c1=O)CCCC3. The van der Waals surface area contributed by atoms with E-state index in [-0.39, 0.29) is 11.6 Å². The van der Waals surface area contributed by atoms with E-state index < -0.39 is 0 Å². The molecule has 1 aliphatic carbocycles. The van der Waals surface area contributed by atoms with Crippen LogP contribution in [0.4, 0.5) is 5.95 Å². The summed E-state index contributed by atoms with van der Waals surface area (Å²) in [5.41, 5.74) is 1.37. The lowest BCUT2D eigenvalue weighted by molar-refractivity contribution is 0.568. The molecule has 7 heteroatoms. The van der Waals surface area contributed by atoms with Gasteiger partial charge in [0.1, 0.15) is 4.83 Å². The molecule has 0 bridgehead atoms. The molecule has 0 aliphatic heterocycles. The zero-order chi connectivity index (χ0) is 18.1. The standard InChI is InChI=1S/C19H25N5OS/c1-13(2)24-18(25)16-14-7-3-4-8-15(14)26-17(16)22-19(24)20-9-5-11-23-12-6-10-21-23/h6,10,12-13H,3-5,7-9,11H2,1-2H3,(H,20,22). The number of rotatable bonds is 6. The summed E-state index contributed by atoms with van der Waals surface area (Å²) in [6.45, 7) is 5.70. The molecule has 0 spiro atoms. The fourth-order valence-electron chi connectivity index (χ4n) is 3.70. The van der Waals surface area contributed by atoms with Crippen LogP contribution in [0.25, 0.3) is 10.2 Å². The van der Waals surface area contributed by atoms with Crippen molar-refractivity contribution < 1.29 is 0 Å². The van der Waals surface area contributed by atoms with Gasteiger partial charge < -0.3 is 5.32 Å². The Kier molecular flexibility index (Phi) is 4.80. The van der Waals surface area contributed by atoms with Gasteiger partial charge in [0.25, 0.3) is 5.56 Å². The molecule has 3 heterocycles. The molecule has 0 saturated carbocycles. The molecule has 4 rings (SSSR count). The van der Waals surface area contributed by atoms with E-state index in [1.807, 2.05) is 35.4 Å². The highest BCUT2D eigenvalue weighted by Crippen LogP contribution is 2.34. The number of nitrogens with one attached hydrogen (secondary N) is 1. The van der Waals surface area contributed by atoms with E-state index >= 15 is 0 Å². The molecule has 0 unspecified atom stereocenters. The Bertz CT molecular complexity index is 955. The predicted molar refractivity (Wildman–Crippen MR) is 106 cm³/mol. The molecule has 3 aromatic rings. The summed E-state index contributed by atoms with van der Waals surface area (Å²) in [6.07, 6.45) is 9.17. The Balaban J connectivity index is 1.62. The number of aromatic nitrogens is 4. The first-order valence-electron chi connectivity index (χ1n) is 9.43. The van der Waals surface area contributed by atoms with E-state index in [0.29, 0.717) is 5.95 Å². The minimum atomic E-state index is 0.0761. The van der Waals surface area contributed by atoms with Gasteiger partial charge in [-0.3, -0.25) is 14.0 Å². The van der Waals surface area contributed by atoms with E-state index in [0.717, 1.165) is 42.6 Å². The normalized spacial score (nSPS) is 14.1. The van der Waals surface area contributed by atoms with Gasteiger partial charge in [0.15, 0.2) is 0 Å². The highest BCUT2D eigenvalue weighted by atomic mass is 32.1. The van der Waals surface area contributed by atoms with Gasteiger partial charge in [-0.1, -0.05) is 0 Å². The summed E-state index contributed by atoms with van der Waals surface area (Å²) in [5.74, 6) is 0.691. The van der Waals surface area contributed by atoms with E-state index in [9.17, 15) is 4.79 Å². The zero-order valence-electron chi connectivity index (χ0n) is 15.4. The number of fused-ring (bicyclic) bond motifs is 3. The Morgan fingerprint density at radius 3 is 2.92 bits per heavy atom. The summed E-state index contributed by atoms with van der Waals surface area (Å²) >= 11 is 1.71. The van der Waals surface area contributed by atoms with Crippen molar-refractivity contribution in [3.8, 4) is 0 Å². The second-order valence-corrected chi connectivity index (χ2v) is 8.23. The Morgan fingerprint density at radius 1 is 1.31 bits per heavy atom. The van der Waals surface area contributed by atoms with Crippen LogP contribution in [0.2, 0.25) is 0 Å². The predicted octanol–water partition coefficient (Wildman–Crippen LogP) is 3.62. The van der Waals surface area contributed by atoms with Crippen molar-refractivity contribution in [3.05, 3.63) is 39.3 Å². The van der Waals surface area contributed by atoms with Crippen LogP contribution in [-0.2, 0) is 19.4 Å². The van der Waals surface area contributed by atoms with E-state index in [4.69, 9.17) is 4.98 Å². The quantitative estimate of drug-likeness (QED) is 0.672. The van der Waals surface area contributed by atoms with Gasteiger partial charge in [0.05, 0.1) is 5.39 Å². The molecular weight excluding hydrogens is 346 g/mol. The molecule has 0 radical (unpaired) electrons. The van der Waals surface area contributed by atoms with Gasteiger partial charge in [-0.2, -0.15) is 5.10 Å². The molecule has 138 valence electrons. The van der Waals surface area contributed by atoms with Crippen LogP contribution in [0, 0.1) is 0 Å². The van der Waals surface area contributed by atoms with Gasteiger partial charge in [-0.05, 0) is 57.6 Å². The second kappa shape index (κ2) is 7.23. The second-order valence-electron chi connectivity index (χ2n) is 7.14. The molecule has 1 aliphatic rings. The third-order valence-corrected chi connectivity index (χ3v) is 6.13. The minimum absolute atomic E-state index is 0.0761. The highest BCUT2D eigenvalue weighted by molar-refractivity contribution is 7.18. The van der Waals surface area contributed by atoms with Crippen LogP contribution in [-0.4, -0.2) is 25.9 Å². The highest BCUT2D eigenvalue weighted by Gasteiger charge is 2.22. The molecule has 0 aromatic carbocycles. The van der Waals surface area contributed by atoms with Crippen LogP contribution in [0.3, 0.4) is 0 Å². The first kappa shape index (κ1) is 17.3. The molecule has 26 heavy (non-hydrogen) atoms. The first-order chi connectivity index (χ1) is 12.6. The van der Waals surface area contributed by atoms with Crippen molar-refractivity contribution in [3.63, 3.8) is 0 Å². The van der Waals surface area contributed by atoms with Crippen LogP contribution < -0.4 is 10.9 Å². The topological polar surface area (TPSA) is 64.7 Å². The minimum Gasteiger partial charge on any atom is -0.355 e. The first-order valence-corrected chi connectivity index (χ1v) is 10.2. The molecule has 6 nitrogen and oxygen atoms in total. The molecule has 0 fully saturated rings. The zero-order valence-corrected chi connectivity index (χ0v) is 16.2. The van der Waals surface area contributed by atoms with Crippen molar-refractivity contribution in [2.45, 2.75) is 58.5 Å². The number of aryl methyl sites for hydroxylation is 3. The summed E-state index contributed by atoms with van der Waals surface area (Å²) < 4.78 is 3.74. The maximum atomic E-state index is 13.2. The largest absolute Gasteiger partial charge is 0.355 e. The van der Waals surface area contributed by atoms with E-state index in [1.54, 1.807) is 17.5 Å². The maximum Gasteiger partial charge on any atom is 0.264 e. The fourth-order valence-corrected chi connectivity index (χ4v) is 4.95. The van der Waals surface area contributed by atoms with Crippen molar-refractivity contribution in [1.29, 1.82) is 0 Å². The lowest BCUT2D eigenvalue weighted by Crippen LogP contribution is -2.27. The van der Waals surface area contributed by atoms with Crippen molar-refractivity contribution in [1.82, 2.24) is 19.3 Å². The Morgan fingerprint density at radius 2 is 2.15 bits per heavy atom. The smallest absolute Gasteiger partial charge is 0.264 e. The average Bonchev–Trinajstić information content (AvgIpc) is 3.25. The van der Waals surface area contributed by atoms with Crippen molar-refractivity contribution in [2.24, 2.45) is 0 Å². The average molecular weight is 372 g/mol. The fraction of sp³-hybridized carbons (Fsp3) is 0.526. The van der Waals surface area contributed by atoms with Gasteiger partial charge in [0.2, 0.25) is 5.95 Å². The number of nitrogens with zero attached hydrogens (tertiary/aromatic N) is 4. The monoisotopic (exact) mass is 371 g/mol. The molecule has 0 atom stereocenters. The lowest BCUT2D eigenvalue weighted by Gasteiger charge is -2.17. The summed E-state index contributed by atoms with van der Waals surface area (Å²) in [5, 5.41) is 8.47. The number of hydrogen-bond donors (Lipinski definition) is 1. The molecule has 0 saturated heterocycles. The van der Waals surface area contributed by atoms with Crippen molar-refractivity contribution >= 4 is 27.5 Å². The van der Waals surface area contributed by atoms with Crippen LogP contribution in [0.5, 0.6) is 0 Å². The van der Waals surface area contributed by atoms with Gasteiger partial charge in [-0.15, -0.1) is 11.3 Å². The van der Waals surface area contributed by atoms with Gasteiger partial charge >= 0.3 is 0 Å². The molecule has 3 aromatic heterocycles. The van der Waals surface area contributed by atoms with Crippen LogP contribution in [0.1, 0.15) is 49.6 Å². The Hall–Kier alpha value is -2.15. The van der Waals surface area contributed by atoms with Crippen LogP contribution in [0.15, 0.2) is 23.3 Å². The summed E-state index contributed by atoms with van der Waals surface area (Å²) in [7, 11) is 0. The Labute approximate surface area is 156 Å². The molecule has 1 N–H and O–H groups in total. The maximum absolute atomic E-state index is 13.2. The third-order valence-electron chi connectivity index (χ3n) is 4.94. The van der Waals surface area contributed by atoms with E-state index in [2.05, 4.69) is 10.4 Å². The number of anilines is 1. The number of thiophene rings is 1. The molecular formula is C19H25N5OS. The van der Waals surface area contributed by atoms with Crippen LogP contribution >= 0.6 is 11.3 Å². The summed E-state index contributed by atoms with van der Waals surface area (Å²) in [6, 6.07) is 2.00. The van der Waals surface area contributed by atoms with Gasteiger partial charge in [0, 0.05) is 36.4 Å². The third kappa shape index (κ3) is 3.16. The number of hydrogen-bond acceptors (Lipinski definition) is 5. The molecule has 0 amide bonds. The van der Waals surface area contributed by atoms with Crippen molar-refractivity contribution in [2.75, 3.05) is 11.9 Å².